The molecule has 0 saturated carbocycles. The molecule has 0 heterocycles. The summed E-state index contributed by atoms with van der Waals surface area (Å²) in [6.45, 7) is 0. The van der Waals surface area contributed by atoms with Crippen molar-refractivity contribution < 1.29 is 20.5 Å². The Labute approximate surface area is 250 Å². The number of hydrogen-bond acceptors (Lipinski definition) is 1. The van der Waals surface area contributed by atoms with Gasteiger partial charge in [0.1, 0.15) is 17.5 Å². The van der Waals surface area contributed by atoms with Crippen molar-refractivity contribution in [1.82, 2.24) is 0 Å². The molecular formula is C36H27AlF4O. The second-order valence-corrected chi connectivity index (χ2v) is 8.80. The van der Waals surface area contributed by atoms with E-state index in [0.29, 0.717) is 16.7 Å². The van der Waals surface area contributed by atoms with E-state index < -0.39 is 15.6 Å². The molecule has 0 atom stereocenters. The third kappa shape index (κ3) is 10.1. The number of benzene rings is 6. The zero-order valence-electron chi connectivity index (χ0n) is 22.6. The number of halogens is 4. The molecule has 6 aromatic rings. The van der Waals surface area contributed by atoms with Crippen LogP contribution in [0.25, 0.3) is 33.4 Å². The molecule has 0 N–H and O–H groups in total. The molecule has 0 aliphatic carbocycles. The molecule has 0 aliphatic rings. The minimum absolute atomic E-state index is 0.172. The van der Waals surface area contributed by atoms with Crippen LogP contribution in [-0.4, -0.2) is 15.6 Å². The van der Waals surface area contributed by atoms with Gasteiger partial charge in [-0.3, -0.25) is 0 Å². The summed E-state index contributed by atoms with van der Waals surface area (Å²) in [6, 6.07) is 49.0. The maximum atomic E-state index is 13.3. The van der Waals surface area contributed by atoms with E-state index in [1.165, 1.54) is 18.2 Å². The summed E-state index contributed by atoms with van der Waals surface area (Å²) in [5.41, 5.74) is 4.72. The Hall–Kier alpha value is -4.63. The van der Waals surface area contributed by atoms with Crippen molar-refractivity contribution >= 4 is 15.6 Å². The summed E-state index contributed by atoms with van der Waals surface area (Å²) in [6.07, 6.45) is 0. The van der Waals surface area contributed by atoms with Crippen LogP contribution in [-0.2, 0) is 3.80 Å². The fraction of sp³-hybridized carbons (Fsp3) is 0. The summed E-state index contributed by atoms with van der Waals surface area (Å²) in [5.74, 6) is -0.517. The standard InChI is InChI=1S/3C12H9F.Al.FH.O/c3*13-12-9-5-4-8-11(12)10-6-2-1-3-7-10;;;/h3*1-9H;;1H;/q;;;+1;;/p-1. The average Bonchev–Trinajstić information content (AvgIpc) is 3.04. The summed E-state index contributed by atoms with van der Waals surface area (Å²) in [4.78, 5) is 0. The van der Waals surface area contributed by atoms with Gasteiger partial charge in [-0.15, -0.1) is 0 Å². The monoisotopic (exact) mass is 578 g/mol. The molecule has 0 aromatic heterocycles. The van der Waals surface area contributed by atoms with Crippen molar-refractivity contribution in [1.29, 1.82) is 0 Å². The van der Waals surface area contributed by atoms with Gasteiger partial charge in [0.2, 0.25) is 0 Å². The van der Waals surface area contributed by atoms with Crippen molar-refractivity contribution in [3.8, 4) is 33.4 Å². The maximum absolute atomic E-state index is 13.3. The molecule has 0 bridgehead atoms. The van der Waals surface area contributed by atoms with E-state index in [-0.39, 0.29) is 17.5 Å². The van der Waals surface area contributed by atoms with E-state index in [1.54, 1.807) is 36.4 Å². The molecule has 208 valence electrons. The average molecular weight is 579 g/mol. The third-order valence-electron chi connectivity index (χ3n) is 5.88. The van der Waals surface area contributed by atoms with Gasteiger partial charge in [0.25, 0.3) is 0 Å². The zero-order chi connectivity index (χ0) is 30.0. The van der Waals surface area contributed by atoms with E-state index in [2.05, 4.69) is 0 Å². The topological polar surface area (TPSA) is 17.1 Å². The summed E-state index contributed by atoms with van der Waals surface area (Å²) in [5, 5.41) is 0. The van der Waals surface area contributed by atoms with E-state index in [4.69, 9.17) is 3.80 Å². The first-order valence-corrected chi connectivity index (χ1v) is 13.9. The van der Waals surface area contributed by atoms with E-state index in [9.17, 15) is 16.7 Å². The predicted octanol–water partition coefficient (Wildman–Crippen LogP) is 10.4. The Morgan fingerprint density at radius 1 is 0.333 bits per heavy atom. The van der Waals surface area contributed by atoms with Crippen LogP contribution in [0.5, 0.6) is 0 Å². The second kappa shape index (κ2) is 17.9. The molecule has 0 radical (unpaired) electrons. The Morgan fingerprint density at radius 3 is 0.738 bits per heavy atom. The van der Waals surface area contributed by atoms with Crippen molar-refractivity contribution in [2.45, 2.75) is 0 Å². The quantitative estimate of drug-likeness (QED) is 0.151. The van der Waals surface area contributed by atoms with Crippen molar-refractivity contribution in [3.63, 3.8) is 0 Å². The van der Waals surface area contributed by atoms with E-state index >= 15 is 0 Å². The normalized spacial score (nSPS) is 9.43. The van der Waals surface area contributed by atoms with Gasteiger partial charge in [-0.2, -0.15) is 0 Å². The molecular weight excluding hydrogens is 551 g/mol. The van der Waals surface area contributed by atoms with Crippen molar-refractivity contribution in [2.24, 2.45) is 0 Å². The van der Waals surface area contributed by atoms with Crippen LogP contribution in [0, 0.1) is 17.5 Å². The van der Waals surface area contributed by atoms with Gasteiger partial charge in [-0.05, 0) is 34.9 Å². The van der Waals surface area contributed by atoms with Gasteiger partial charge in [0, 0.05) is 16.7 Å². The molecule has 0 spiro atoms. The van der Waals surface area contributed by atoms with Crippen LogP contribution in [0.3, 0.4) is 0 Å². The zero-order valence-corrected chi connectivity index (χ0v) is 23.7. The van der Waals surface area contributed by atoms with Crippen molar-refractivity contribution in [2.75, 3.05) is 0 Å². The molecule has 0 unspecified atom stereocenters. The fourth-order valence-electron chi connectivity index (χ4n) is 3.94. The third-order valence-corrected chi connectivity index (χ3v) is 5.88. The van der Waals surface area contributed by atoms with Gasteiger partial charge in [-0.25, -0.2) is 13.2 Å². The first-order valence-electron chi connectivity index (χ1n) is 13.0. The number of rotatable bonds is 3. The molecule has 6 heteroatoms. The van der Waals surface area contributed by atoms with E-state index in [0.717, 1.165) is 16.7 Å². The van der Waals surface area contributed by atoms with Crippen LogP contribution in [0.2, 0.25) is 0 Å². The SMILES string of the molecule is Fc1ccccc1-c1ccccc1.Fc1ccccc1-c1ccccc1.Fc1ccccc1-c1ccccc1.[O]=[Al][F]. The van der Waals surface area contributed by atoms with Gasteiger partial charge in [-0.1, -0.05) is 146 Å². The fourth-order valence-corrected chi connectivity index (χ4v) is 3.94. The molecule has 0 amide bonds. The van der Waals surface area contributed by atoms with Gasteiger partial charge in [0.05, 0.1) is 0 Å². The van der Waals surface area contributed by atoms with Crippen LogP contribution >= 0.6 is 0 Å². The van der Waals surface area contributed by atoms with Crippen LogP contribution in [0.15, 0.2) is 164 Å². The van der Waals surface area contributed by atoms with Crippen LogP contribution in [0.4, 0.5) is 16.7 Å². The van der Waals surface area contributed by atoms with Crippen LogP contribution < -0.4 is 0 Å². The minimum atomic E-state index is -2.00. The van der Waals surface area contributed by atoms with E-state index in [1.807, 2.05) is 109 Å². The predicted molar refractivity (Wildman–Crippen MR) is 163 cm³/mol. The number of hydrogen-bond donors (Lipinski definition) is 0. The first-order chi connectivity index (χ1) is 20.5. The van der Waals surface area contributed by atoms with Crippen LogP contribution in [0.1, 0.15) is 0 Å². The molecule has 6 rings (SSSR count). The summed E-state index contributed by atoms with van der Waals surface area (Å²) < 4.78 is 58.0. The molecule has 1 nitrogen and oxygen atoms in total. The summed E-state index contributed by atoms with van der Waals surface area (Å²) >= 11 is -2.00. The Balaban J connectivity index is 0.000000165. The summed E-state index contributed by atoms with van der Waals surface area (Å²) in [7, 11) is 0. The van der Waals surface area contributed by atoms with Crippen molar-refractivity contribution in [3.05, 3.63) is 181 Å². The molecule has 6 aromatic carbocycles. The Morgan fingerprint density at radius 2 is 0.524 bits per heavy atom. The first kappa shape index (κ1) is 31.9. The van der Waals surface area contributed by atoms with Gasteiger partial charge < -0.3 is 0 Å². The Kier molecular flexibility index (Phi) is 13.6. The van der Waals surface area contributed by atoms with Gasteiger partial charge in [0.15, 0.2) is 0 Å². The molecule has 0 aliphatic heterocycles. The Bertz CT molecular complexity index is 1440. The molecule has 0 saturated heterocycles. The second-order valence-electron chi connectivity index (χ2n) is 8.63. The molecule has 0 fully saturated rings. The molecule has 42 heavy (non-hydrogen) atoms. The van der Waals surface area contributed by atoms with Gasteiger partial charge >= 0.3 is 22.9 Å².